The van der Waals surface area contributed by atoms with Crippen molar-refractivity contribution in [3.05, 3.63) is 67.1 Å². The van der Waals surface area contributed by atoms with Gasteiger partial charge in [0.1, 0.15) is 0 Å². The third-order valence-corrected chi connectivity index (χ3v) is 8.09. The maximum Gasteiger partial charge on any atom is 4.00 e. The number of fused-ring (bicyclic) bond motifs is 2. The molecule has 0 bridgehead atoms. The molecule has 2 aliphatic rings. The van der Waals surface area contributed by atoms with Gasteiger partial charge in [0.05, 0.1) is 0 Å². The molecule has 2 aromatic carbocycles. The van der Waals surface area contributed by atoms with Crippen molar-refractivity contribution in [2.24, 2.45) is 11.8 Å². The summed E-state index contributed by atoms with van der Waals surface area (Å²) in [6.45, 7) is 2.33. The molecule has 4 unspecified atom stereocenters. The van der Waals surface area contributed by atoms with E-state index in [2.05, 4.69) is 74.0 Å². The molecule has 1 saturated carbocycles. The van der Waals surface area contributed by atoms with Crippen molar-refractivity contribution < 1.29 is 46.5 Å². The molecule has 25 heavy (non-hydrogen) atoms. The molecule has 2 aliphatic carbocycles. The Morgan fingerprint density at radius 1 is 1.12 bits per heavy atom. The van der Waals surface area contributed by atoms with Crippen LogP contribution in [0.3, 0.4) is 0 Å². The average Bonchev–Trinajstić information content (AvgIpc) is 3.15. The van der Waals surface area contributed by atoms with E-state index >= 15 is 0 Å². The number of rotatable bonds is 4. The van der Waals surface area contributed by atoms with Crippen molar-refractivity contribution >= 4 is 24.0 Å². The van der Waals surface area contributed by atoms with Crippen molar-refractivity contribution in [1.82, 2.24) is 0 Å². The Morgan fingerprint density at radius 3 is 2.60 bits per heavy atom. The molecule has 0 aromatic heterocycles. The Balaban J connectivity index is 0.00000104. The first kappa shape index (κ1) is 23.1. The Kier molecular flexibility index (Phi) is 9.59. The van der Waals surface area contributed by atoms with E-state index in [9.17, 15) is 0 Å². The molecule has 0 saturated heterocycles. The molecule has 0 nitrogen and oxygen atoms in total. The first-order valence-corrected chi connectivity index (χ1v) is 10.1. The number of hydrogen-bond acceptors (Lipinski definition) is 0. The molecule has 4 atom stereocenters. The fraction of sp³-hybridized carbons (Fsp3) is 0.333. The van der Waals surface area contributed by atoms with Crippen LogP contribution in [0.2, 0.25) is 0 Å². The van der Waals surface area contributed by atoms with Crippen LogP contribution in [0.4, 0.5) is 0 Å². The Morgan fingerprint density at radius 2 is 1.88 bits per heavy atom. The molecule has 4 rings (SSSR count). The van der Waals surface area contributed by atoms with E-state index in [0.717, 1.165) is 11.6 Å². The van der Waals surface area contributed by atoms with Gasteiger partial charge in [0.25, 0.3) is 0 Å². The third-order valence-electron chi connectivity index (χ3n) is 5.05. The van der Waals surface area contributed by atoms with E-state index in [1.165, 1.54) is 29.8 Å². The van der Waals surface area contributed by atoms with Crippen LogP contribution in [0.25, 0.3) is 10.8 Å². The maximum absolute atomic E-state index is 2.66. The second-order valence-electron chi connectivity index (χ2n) is 6.54. The van der Waals surface area contributed by atoms with Gasteiger partial charge in [-0.3, -0.25) is 0 Å². The van der Waals surface area contributed by atoms with Gasteiger partial charge in [-0.2, -0.15) is 6.07 Å². The van der Waals surface area contributed by atoms with E-state index in [1.807, 2.05) is 0 Å². The molecule has 0 aliphatic heterocycles. The van der Waals surface area contributed by atoms with E-state index in [1.54, 1.807) is 5.30 Å². The molecule has 4 heteroatoms. The molecular formula is C21H23Cl2PTi. The maximum atomic E-state index is 2.66. The van der Waals surface area contributed by atoms with Crippen molar-refractivity contribution in [3.63, 3.8) is 0 Å². The minimum atomic E-state index is -0.0640. The minimum Gasteiger partial charge on any atom is -1.00 e. The molecule has 0 heterocycles. The van der Waals surface area contributed by atoms with Gasteiger partial charge >= 0.3 is 21.7 Å². The molecule has 130 valence electrons. The van der Waals surface area contributed by atoms with Gasteiger partial charge < -0.3 is 31.2 Å². The van der Waals surface area contributed by atoms with Crippen molar-refractivity contribution in [1.29, 1.82) is 0 Å². The summed E-state index contributed by atoms with van der Waals surface area (Å²) in [5.41, 5.74) is 0.786. The van der Waals surface area contributed by atoms with Gasteiger partial charge in [0.2, 0.25) is 0 Å². The van der Waals surface area contributed by atoms with Crippen LogP contribution in [0.5, 0.6) is 0 Å². The van der Waals surface area contributed by atoms with Gasteiger partial charge in [-0.25, -0.2) is 0 Å². The monoisotopic (exact) mass is 424 g/mol. The Labute approximate surface area is 180 Å². The predicted molar refractivity (Wildman–Crippen MR) is 99.2 cm³/mol. The summed E-state index contributed by atoms with van der Waals surface area (Å²) in [6, 6.07) is 13.7. The van der Waals surface area contributed by atoms with Gasteiger partial charge in [0, 0.05) is 0 Å². The molecule has 0 amide bonds. The molecule has 0 N–H and O–H groups in total. The number of halogens is 2. The first-order valence-electron chi connectivity index (χ1n) is 8.47. The van der Waals surface area contributed by atoms with Crippen LogP contribution < -0.4 is 30.1 Å². The van der Waals surface area contributed by atoms with Crippen LogP contribution in [-0.2, 0) is 21.7 Å². The van der Waals surface area contributed by atoms with Gasteiger partial charge in [0.15, 0.2) is 0 Å². The quantitative estimate of drug-likeness (QED) is 0.350. The van der Waals surface area contributed by atoms with E-state index in [0.29, 0.717) is 5.92 Å². The van der Waals surface area contributed by atoms with E-state index < -0.39 is 0 Å². The summed E-state index contributed by atoms with van der Waals surface area (Å²) in [5, 5.41) is 4.44. The number of hydrogen-bond donors (Lipinski definition) is 0. The third kappa shape index (κ3) is 4.85. The van der Waals surface area contributed by atoms with Crippen molar-refractivity contribution in [2.45, 2.75) is 25.4 Å². The molecular weight excluding hydrogens is 402 g/mol. The standard InChI is InChI=1S/C21H23P.2ClH.Ti/c1-2-11-22(20-12-16-7-3-4-8-17(16)13-20)21-14-18-9-5-6-10-19(18)15-21;;;/h3-10,12-14,18-19,21H,2,11,15H2,1H3;2*1H;/q-2;;;+4/p-2. The van der Waals surface area contributed by atoms with Crippen molar-refractivity contribution in [3.8, 4) is 0 Å². The fourth-order valence-electron chi connectivity index (χ4n) is 3.99. The number of benzene rings is 1. The van der Waals surface area contributed by atoms with Crippen LogP contribution in [0.15, 0.2) is 60.7 Å². The molecule has 2 aromatic rings. The van der Waals surface area contributed by atoms with Gasteiger partial charge in [-0.1, -0.05) is 44.1 Å². The molecule has 0 radical (unpaired) electrons. The van der Waals surface area contributed by atoms with Crippen molar-refractivity contribution in [2.75, 3.05) is 6.16 Å². The summed E-state index contributed by atoms with van der Waals surface area (Å²) in [6.07, 6.45) is 15.9. The van der Waals surface area contributed by atoms with Crippen LogP contribution >= 0.6 is 7.92 Å². The van der Waals surface area contributed by atoms with Crippen LogP contribution in [0.1, 0.15) is 19.8 Å². The second kappa shape index (κ2) is 10.4. The molecule has 0 spiro atoms. The summed E-state index contributed by atoms with van der Waals surface area (Å²) in [5.74, 6) is 1.43. The Bertz CT molecular complexity index is 669. The number of allylic oxidation sites excluding steroid dienone is 4. The van der Waals surface area contributed by atoms with E-state index in [-0.39, 0.29) is 54.5 Å². The van der Waals surface area contributed by atoms with Gasteiger partial charge in [-0.05, 0) is 12.1 Å². The van der Waals surface area contributed by atoms with Gasteiger partial charge in [-0.15, -0.1) is 65.9 Å². The normalized spacial score (nSPS) is 24.8. The van der Waals surface area contributed by atoms with Crippen LogP contribution in [0, 0.1) is 18.3 Å². The zero-order valence-corrected chi connectivity index (χ0v) is 18.4. The summed E-state index contributed by atoms with van der Waals surface area (Å²) >= 11 is 0. The zero-order valence-electron chi connectivity index (χ0n) is 14.4. The molecule has 1 fully saturated rings. The Hall–Kier alpha value is 0.0343. The average molecular weight is 425 g/mol. The summed E-state index contributed by atoms with van der Waals surface area (Å²) in [4.78, 5) is 0. The summed E-state index contributed by atoms with van der Waals surface area (Å²) in [7, 11) is -0.0640. The topological polar surface area (TPSA) is 0 Å². The fourth-order valence-corrected chi connectivity index (χ4v) is 6.95. The second-order valence-corrected chi connectivity index (χ2v) is 9.11. The first-order chi connectivity index (χ1) is 10.8. The SMILES string of the molecule is CCCP(c1cc2ccccc2[cH-]1)C1[CH-]C2C=CC=CC2C1.[Cl-].[Cl-].[Ti+4]. The van der Waals surface area contributed by atoms with Crippen LogP contribution in [-0.4, -0.2) is 11.8 Å². The smallest absolute Gasteiger partial charge is 1.00 e. The zero-order chi connectivity index (χ0) is 14.9. The summed E-state index contributed by atoms with van der Waals surface area (Å²) < 4.78 is 0. The van der Waals surface area contributed by atoms with E-state index in [4.69, 9.17) is 0 Å². The largest absolute Gasteiger partial charge is 4.00 e. The predicted octanol–water partition coefficient (Wildman–Crippen LogP) is -0.584. The minimum absolute atomic E-state index is 0.